The Hall–Kier alpha value is -3.01. The molecule has 0 spiro atoms. The van der Waals surface area contributed by atoms with Gasteiger partial charge in [0.2, 0.25) is 5.88 Å². The maximum absolute atomic E-state index is 6.04. The van der Waals surface area contributed by atoms with Crippen LogP contribution in [0.25, 0.3) is 0 Å². The normalized spacial score (nSPS) is 10.7. The number of anilines is 1. The van der Waals surface area contributed by atoms with Gasteiger partial charge in [0, 0.05) is 23.5 Å². The van der Waals surface area contributed by atoms with Gasteiger partial charge < -0.3 is 25.3 Å². The van der Waals surface area contributed by atoms with Crippen molar-refractivity contribution in [3.8, 4) is 17.4 Å². The molecule has 0 aliphatic rings. The molecule has 0 aliphatic carbocycles. The van der Waals surface area contributed by atoms with Gasteiger partial charge in [0.1, 0.15) is 6.61 Å². The fourth-order valence-corrected chi connectivity index (χ4v) is 2.67. The van der Waals surface area contributed by atoms with Gasteiger partial charge >= 0.3 is 0 Å². The Bertz CT molecular complexity index is 968. The van der Waals surface area contributed by atoms with E-state index in [2.05, 4.69) is 15.3 Å². The molecule has 0 amide bonds. The van der Waals surface area contributed by atoms with Gasteiger partial charge in [0.05, 0.1) is 20.8 Å². The maximum atomic E-state index is 6.04. The fraction of sp³-hybridized carbons (Fsp3) is 0.182. The molecule has 0 fully saturated rings. The van der Waals surface area contributed by atoms with Crippen molar-refractivity contribution in [1.82, 2.24) is 4.98 Å². The van der Waals surface area contributed by atoms with Crippen molar-refractivity contribution in [2.24, 2.45) is 10.7 Å². The number of halogens is 1. The summed E-state index contributed by atoms with van der Waals surface area (Å²) < 4.78 is 16.4. The van der Waals surface area contributed by atoms with Crippen molar-refractivity contribution in [3.05, 3.63) is 78.0 Å². The molecule has 158 valence electrons. The van der Waals surface area contributed by atoms with Crippen molar-refractivity contribution in [2.45, 2.75) is 13.2 Å². The number of nitrogens with two attached hydrogens (primary N) is 1. The summed E-state index contributed by atoms with van der Waals surface area (Å²) in [6.45, 7) is 0.776. The highest BCUT2D eigenvalue weighted by molar-refractivity contribution is 14.0. The number of pyridine rings is 1. The van der Waals surface area contributed by atoms with Gasteiger partial charge in [-0.2, -0.15) is 0 Å². The summed E-state index contributed by atoms with van der Waals surface area (Å²) in [4.78, 5) is 8.71. The highest BCUT2D eigenvalue weighted by atomic mass is 127. The summed E-state index contributed by atoms with van der Waals surface area (Å²) in [5, 5.41) is 3.05. The summed E-state index contributed by atoms with van der Waals surface area (Å²) >= 11 is 0. The topological polar surface area (TPSA) is 91.0 Å². The van der Waals surface area contributed by atoms with Gasteiger partial charge in [-0.15, -0.1) is 24.0 Å². The molecule has 3 rings (SSSR count). The molecule has 0 aliphatic heterocycles. The second kappa shape index (κ2) is 11.9. The summed E-state index contributed by atoms with van der Waals surface area (Å²) in [7, 11) is 3.17. The standard InChI is InChI=1S/C22H24N4O3.HI/c1-27-19-11-10-18(13-20(19)28-2)26-22(23)25-14-17-9-6-12-24-21(17)29-15-16-7-4-3-5-8-16;/h3-13H,14-15H2,1-2H3,(H3,23,25,26);1H. The van der Waals surface area contributed by atoms with Crippen molar-refractivity contribution in [2.75, 3.05) is 19.5 Å². The molecule has 0 bridgehead atoms. The van der Waals surface area contributed by atoms with Crippen LogP contribution in [-0.2, 0) is 13.2 Å². The number of hydrogen-bond donors (Lipinski definition) is 2. The van der Waals surface area contributed by atoms with Gasteiger partial charge in [0.25, 0.3) is 0 Å². The zero-order chi connectivity index (χ0) is 20.5. The summed E-state index contributed by atoms with van der Waals surface area (Å²) in [5.74, 6) is 2.06. The first-order valence-corrected chi connectivity index (χ1v) is 9.09. The zero-order valence-electron chi connectivity index (χ0n) is 16.9. The van der Waals surface area contributed by atoms with E-state index in [0.717, 1.165) is 16.8 Å². The quantitative estimate of drug-likeness (QED) is 0.263. The van der Waals surface area contributed by atoms with Crippen LogP contribution in [0.5, 0.6) is 17.4 Å². The fourth-order valence-electron chi connectivity index (χ4n) is 2.67. The van der Waals surface area contributed by atoms with Crippen LogP contribution in [0.3, 0.4) is 0 Å². The Morgan fingerprint density at radius 1 is 1.00 bits per heavy atom. The molecule has 3 aromatic rings. The molecular weight excluding hydrogens is 495 g/mol. The van der Waals surface area contributed by atoms with E-state index in [0.29, 0.717) is 30.5 Å². The molecule has 0 saturated heterocycles. The Morgan fingerprint density at radius 3 is 2.50 bits per heavy atom. The molecule has 1 heterocycles. The predicted octanol–water partition coefficient (Wildman–Crippen LogP) is 4.22. The van der Waals surface area contributed by atoms with E-state index in [9.17, 15) is 0 Å². The lowest BCUT2D eigenvalue weighted by atomic mass is 10.2. The number of guanidine groups is 1. The Balaban J connectivity index is 0.00000320. The smallest absolute Gasteiger partial charge is 0.218 e. The summed E-state index contributed by atoms with van der Waals surface area (Å²) in [6, 6.07) is 19.1. The largest absolute Gasteiger partial charge is 0.493 e. The molecule has 0 atom stereocenters. The Kier molecular flexibility index (Phi) is 9.20. The number of aromatic nitrogens is 1. The van der Waals surface area contributed by atoms with Crippen LogP contribution >= 0.6 is 24.0 Å². The van der Waals surface area contributed by atoms with Crippen LogP contribution in [0, 0.1) is 0 Å². The number of nitrogens with one attached hydrogen (secondary N) is 1. The monoisotopic (exact) mass is 520 g/mol. The first-order chi connectivity index (χ1) is 14.2. The highest BCUT2D eigenvalue weighted by Crippen LogP contribution is 2.29. The van der Waals surface area contributed by atoms with Gasteiger partial charge in [-0.25, -0.2) is 9.98 Å². The third-order valence-corrected chi connectivity index (χ3v) is 4.14. The molecule has 7 nitrogen and oxygen atoms in total. The lowest BCUT2D eigenvalue weighted by Gasteiger charge is -2.11. The molecule has 0 radical (unpaired) electrons. The number of methoxy groups -OCH3 is 2. The maximum Gasteiger partial charge on any atom is 0.218 e. The summed E-state index contributed by atoms with van der Waals surface area (Å²) in [6.07, 6.45) is 1.69. The lowest BCUT2D eigenvalue weighted by Crippen LogP contribution is -2.22. The average molecular weight is 520 g/mol. The van der Waals surface area contributed by atoms with Gasteiger partial charge in [-0.3, -0.25) is 0 Å². The van der Waals surface area contributed by atoms with Crippen molar-refractivity contribution >= 4 is 35.6 Å². The van der Waals surface area contributed by atoms with E-state index in [1.54, 1.807) is 32.5 Å². The van der Waals surface area contributed by atoms with Crippen LogP contribution in [0.1, 0.15) is 11.1 Å². The Morgan fingerprint density at radius 2 is 1.77 bits per heavy atom. The minimum absolute atomic E-state index is 0. The minimum Gasteiger partial charge on any atom is -0.493 e. The van der Waals surface area contributed by atoms with Crippen LogP contribution in [-0.4, -0.2) is 25.2 Å². The lowest BCUT2D eigenvalue weighted by molar-refractivity contribution is 0.290. The van der Waals surface area contributed by atoms with Crippen molar-refractivity contribution in [3.63, 3.8) is 0 Å². The number of aliphatic imine (C=N–C) groups is 1. The van der Waals surface area contributed by atoms with Crippen LogP contribution in [0.15, 0.2) is 71.9 Å². The second-order valence-electron chi connectivity index (χ2n) is 6.14. The van der Waals surface area contributed by atoms with Crippen LogP contribution in [0.4, 0.5) is 5.69 Å². The summed E-state index contributed by atoms with van der Waals surface area (Å²) in [5.41, 5.74) is 8.70. The van der Waals surface area contributed by atoms with Crippen LogP contribution in [0.2, 0.25) is 0 Å². The molecule has 1 aromatic heterocycles. The van der Waals surface area contributed by atoms with Crippen molar-refractivity contribution < 1.29 is 14.2 Å². The third-order valence-electron chi connectivity index (χ3n) is 4.14. The molecule has 8 heteroatoms. The van der Waals surface area contributed by atoms with Gasteiger partial charge in [-0.1, -0.05) is 36.4 Å². The highest BCUT2D eigenvalue weighted by Gasteiger charge is 2.07. The average Bonchev–Trinajstić information content (AvgIpc) is 2.77. The van der Waals surface area contributed by atoms with E-state index in [1.165, 1.54) is 0 Å². The molecule has 3 N–H and O–H groups in total. The van der Waals surface area contributed by atoms with Gasteiger partial charge in [-0.05, 0) is 23.8 Å². The molecular formula is C22H25IN4O3. The minimum atomic E-state index is 0. The SMILES string of the molecule is COc1ccc(NC(N)=NCc2cccnc2OCc2ccccc2)cc1OC.I. The van der Waals surface area contributed by atoms with E-state index >= 15 is 0 Å². The predicted molar refractivity (Wildman–Crippen MR) is 129 cm³/mol. The molecule has 0 saturated carbocycles. The van der Waals surface area contributed by atoms with Crippen LogP contribution < -0.4 is 25.3 Å². The van der Waals surface area contributed by atoms with Crippen molar-refractivity contribution in [1.29, 1.82) is 0 Å². The van der Waals surface area contributed by atoms with E-state index in [4.69, 9.17) is 19.9 Å². The molecule has 30 heavy (non-hydrogen) atoms. The van der Waals surface area contributed by atoms with E-state index in [1.807, 2.05) is 48.5 Å². The number of ether oxygens (including phenoxy) is 3. The second-order valence-corrected chi connectivity index (χ2v) is 6.14. The Labute approximate surface area is 193 Å². The molecule has 2 aromatic carbocycles. The third kappa shape index (κ3) is 6.51. The number of benzene rings is 2. The first-order valence-electron chi connectivity index (χ1n) is 9.09. The number of rotatable bonds is 8. The van der Waals surface area contributed by atoms with E-state index < -0.39 is 0 Å². The van der Waals surface area contributed by atoms with Gasteiger partial charge in [0.15, 0.2) is 17.5 Å². The number of hydrogen-bond acceptors (Lipinski definition) is 5. The number of nitrogens with zero attached hydrogens (tertiary/aromatic N) is 2. The zero-order valence-corrected chi connectivity index (χ0v) is 19.2. The van der Waals surface area contributed by atoms with E-state index in [-0.39, 0.29) is 29.9 Å². The molecule has 0 unspecified atom stereocenters. The first kappa shape index (κ1) is 23.3.